The van der Waals surface area contributed by atoms with Crippen LogP contribution in [-0.4, -0.2) is 127 Å². The topological polar surface area (TPSA) is 121 Å². The van der Waals surface area contributed by atoms with Gasteiger partial charge in [0.25, 0.3) is 0 Å². The molecule has 0 saturated carbocycles. The normalized spacial score (nSPS) is 4.50. The van der Waals surface area contributed by atoms with Gasteiger partial charge in [-0.05, 0) is 0 Å². The molecule has 0 rings (SSSR count). The van der Waals surface area contributed by atoms with Crippen molar-refractivity contribution < 1.29 is 49.6 Å². The Hall–Kier alpha value is 3.28. The fourth-order valence-corrected chi connectivity index (χ4v) is 0. The molecule has 0 heterocycles. The van der Waals surface area contributed by atoms with Crippen LogP contribution in [0.15, 0.2) is 0 Å². The largest absolute Gasteiger partial charge is 0 e. The third-order valence-electron chi connectivity index (χ3n) is 0. The first-order chi connectivity index (χ1) is 3.46. The van der Waals surface area contributed by atoms with Crippen molar-refractivity contribution in [3.8, 4) is 0 Å². The van der Waals surface area contributed by atoms with Crippen molar-refractivity contribution in [2.45, 2.75) is 0 Å². The van der Waals surface area contributed by atoms with Crippen molar-refractivity contribution in [2.24, 2.45) is 0 Å². The molecule has 0 aliphatic heterocycles. The Morgan fingerprint density at radius 2 is 0.500 bits per heavy atom. The van der Waals surface area contributed by atoms with E-state index >= 15 is 0 Å². The molecule has 0 aromatic heterocycles. The third-order valence-corrected chi connectivity index (χ3v) is 0. The van der Waals surface area contributed by atoms with E-state index in [1.54, 1.807) is 0 Å². The van der Waals surface area contributed by atoms with Gasteiger partial charge < -0.3 is 30.1 Å². The fraction of sp³-hybridized carbons (Fsp3) is 0. The Morgan fingerprint density at radius 3 is 0.500 bits per heavy atom. The number of hydrogen-bond donors (Lipinski definition) is 6. The molecule has 6 N–H and O–H groups in total. The summed E-state index contributed by atoms with van der Waals surface area (Å²) in [6.07, 6.45) is 0. The van der Waals surface area contributed by atoms with Gasteiger partial charge in [0.1, 0.15) is 0 Å². The molecule has 0 amide bonds. The predicted octanol–water partition coefficient (Wildman–Crippen LogP) is -6.85. The molecule has 6 radical (unpaired) electrons. The van der Waals surface area contributed by atoms with Crippen molar-refractivity contribution >= 4 is 96.5 Å². The van der Waals surface area contributed by atoms with Gasteiger partial charge in [-0.15, -0.1) is 0 Å². The van der Waals surface area contributed by atoms with Crippen LogP contribution in [0.3, 0.4) is 0 Å². The van der Waals surface area contributed by atoms with E-state index in [9.17, 15) is 0 Å². The predicted molar refractivity (Wildman–Crippen MR) is 50.5 cm³/mol. The van der Waals surface area contributed by atoms with Gasteiger partial charge in [0.2, 0.25) is 0 Å². The van der Waals surface area contributed by atoms with Gasteiger partial charge in [0.15, 0.2) is 0 Å². The molecule has 0 aliphatic carbocycles. The summed E-state index contributed by atoms with van der Waals surface area (Å²) >= 11 is 0. The van der Waals surface area contributed by atoms with Crippen LogP contribution >= 0.6 is 0 Å². The van der Waals surface area contributed by atoms with Gasteiger partial charge in [-0.3, -0.25) is 0 Å². The molecule has 68 valence electrons. The van der Waals surface area contributed by atoms with Crippen LogP contribution in [0.2, 0.25) is 0 Å². The summed E-state index contributed by atoms with van der Waals surface area (Å²) in [4.78, 5) is 0. The summed E-state index contributed by atoms with van der Waals surface area (Å²) < 4.78 is 0. The zero-order valence-electron chi connectivity index (χ0n) is 6.67. The molecule has 0 aliphatic rings. The minimum Gasteiger partial charge on any atom is 0 e. The average molecular weight is 817 g/mol. The Bertz CT molecular complexity index is 36.3. The van der Waals surface area contributed by atoms with E-state index in [1.807, 2.05) is 0 Å². The van der Waals surface area contributed by atoms with Crippen molar-refractivity contribution in [2.75, 3.05) is 0 Å². The average Bonchev–Trinajstić information content (AvgIpc) is 1.25. The van der Waals surface area contributed by atoms with Crippen LogP contribution in [0.5, 0.6) is 0 Å². The summed E-state index contributed by atoms with van der Waals surface area (Å²) in [6.45, 7) is 0. The fourth-order valence-electron chi connectivity index (χ4n) is 0. The van der Waals surface area contributed by atoms with Gasteiger partial charge in [-0.2, -0.15) is 0 Å². The molecule has 0 aromatic rings. The molecule has 0 atom stereocenters. The maximum Gasteiger partial charge on any atom is 0 e. The molecule has 0 fully saturated rings. The quantitative estimate of drug-likeness (QED) is 0.136. The second-order valence-electron chi connectivity index (χ2n) is 0.693. The zero-order chi connectivity index (χ0) is 7.15. The summed E-state index contributed by atoms with van der Waals surface area (Å²) in [5, 5.41) is 43.0. The zero-order valence-corrected chi connectivity index (χ0v) is 26.1. The Morgan fingerprint density at radius 1 is 0.500 bits per heavy atom. The molecule has 0 aromatic carbocycles. The molecular weight excluding hydrogens is 805 g/mol. The van der Waals surface area contributed by atoms with Gasteiger partial charge in [0.05, 0.1) is 0 Å². The van der Waals surface area contributed by atoms with Gasteiger partial charge in [-0.25, -0.2) is 0 Å². The van der Waals surface area contributed by atoms with Gasteiger partial charge in [0, 0.05) is 19.5 Å². The molecule has 0 spiro atoms. The van der Waals surface area contributed by atoms with Crippen LogP contribution in [0.4, 0.5) is 0 Å². The van der Waals surface area contributed by atoms with Crippen molar-refractivity contribution in [3.63, 3.8) is 0 Å². The summed E-state index contributed by atoms with van der Waals surface area (Å²) in [6, 6.07) is 0. The second-order valence-corrected chi connectivity index (χ2v) is 0.693. The van der Waals surface area contributed by atoms with E-state index in [0.29, 0.717) is 0 Å². The molecule has 12 heteroatoms. The van der Waals surface area contributed by atoms with E-state index < -0.39 is 14.6 Å². The van der Waals surface area contributed by atoms with E-state index in [2.05, 4.69) is 0 Å². The SMILES string of the molecule is OB(O)O.OB(O)O.[PbH2].[PbH2].[PbH2].[Zn]. The molecule has 0 unspecified atom stereocenters. The van der Waals surface area contributed by atoms with E-state index in [-0.39, 0.29) is 101 Å². The standard InChI is InChI=1S/2BH3O3.3Pb.Zn.6H/c2*2-1(3)4;;;;;;;;;;/h2*2-4H;;;;;;;;;;. The second kappa shape index (κ2) is 29.2. The van der Waals surface area contributed by atoms with Crippen LogP contribution in [0, 0.1) is 0 Å². The molecule has 6 nitrogen and oxygen atoms in total. The first-order valence-corrected chi connectivity index (χ1v) is 1.55. The van der Waals surface area contributed by atoms with Crippen LogP contribution in [0.25, 0.3) is 0 Å². The molecule has 12 heavy (non-hydrogen) atoms. The van der Waals surface area contributed by atoms with E-state index in [1.165, 1.54) is 0 Å². The van der Waals surface area contributed by atoms with Crippen molar-refractivity contribution in [1.82, 2.24) is 0 Å². The first kappa shape index (κ1) is 36.2. The maximum atomic E-state index is 7.17. The Labute approximate surface area is 144 Å². The number of rotatable bonds is 0. The Kier molecular flexibility index (Phi) is 88.2. The summed E-state index contributed by atoms with van der Waals surface area (Å²) in [5.41, 5.74) is 0. The van der Waals surface area contributed by atoms with Crippen LogP contribution < -0.4 is 0 Å². The summed E-state index contributed by atoms with van der Waals surface area (Å²) in [5.74, 6) is 0. The van der Waals surface area contributed by atoms with Crippen molar-refractivity contribution in [3.05, 3.63) is 0 Å². The van der Waals surface area contributed by atoms with Crippen LogP contribution in [-0.2, 0) is 19.5 Å². The van der Waals surface area contributed by atoms with Gasteiger partial charge >= 0.3 is 96.5 Å². The first-order valence-electron chi connectivity index (χ1n) is 1.55. The monoisotopic (exact) mass is 818 g/mol. The molecule has 0 bridgehead atoms. The molecular formula is H12B2O6Pb3Zn. The third kappa shape index (κ3) is 186. The molecule has 0 saturated heterocycles. The van der Waals surface area contributed by atoms with E-state index in [4.69, 9.17) is 30.1 Å². The van der Waals surface area contributed by atoms with Gasteiger partial charge in [-0.1, -0.05) is 0 Å². The minimum absolute atomic E-state index is 0. The van der Waals surface area contributed by atoms with Crippen molar-refractivity contribution in [1.29, 1.82) is 0 Å². The maximum absolute atomic E-state index is 7.17. The number of hydrogen-bond acceptors (Lipinski definition) is 6. The summed E-state index contributed by atoms with van der Waals surface area (Å²) in [7, 11) is -4.33. The van der Waals surface area contributed by atoms with E-state index in [0.717, 1.165) is 0 Å². The van der Waals surface area contributed by atoms with Crippen LogP contribution in [0.1, 0.15) is 0 Å². The Balaban J connectivity index is -0.0000000112. The minimum atomic E-state index is -2.17. The smallest absolute Gasteiger partial charge is 0 e.